The van der Waals surface area contributed by atoms with E-state index in [2.05, 4.69) is 0 Å². The number of ether oxygens (including phenoxy) is 2. The highest BCUT2D eigenvalue weighted by Crippen LogP contribution is 2.18. The van der Waals surface area contributed by atoms with E-state index in [1.165, 1.54) is 11.0 Å². The van der Waals surface area contributed by atoms with Gasteiger partial charge in [-0.05, 0) is 24.3 Å². The molecule has 0 N–H and O–H groups in total. The third-order valence-electron chi connectivity index (χ3n) is 3.39. The Labute approximate surface area is 141 Å². The number of hydrogen-bond donors (Lipinski definition) is 0. The number of likely N-dealkylation sites (N-methyl/N-ethyl adjacent to an activating group) is 1. The molecule has 0 aliphatic heterocycles. The van der Waals surface area contributed by atoms with Gasteiger partial charge in [-0.15, -0.1) is 0 Å². The Bertz CT molecular complexity index is 725. The molecule has 2 aromatic rings. The zero-order chi connectivity index (χ0) is 17.4. The van der Waals surface area contributed by atoms with E-state index in [-0.39, 0.29) is 12.5 Å². The maximum atomic E-state index is 12.0. The normalized spacial score (nSPS) is 10.4. The van der Waals surface area contributed by atoms with Gasteiger partial charge >= 0.3 is 5.97 Å². The molecular weight excluding hydrogens is 306 g/mol. The molecule has 1 amide bonds. The van der Waals surface area contributed by atoms with Crippen LogP contribution >= 0.6 is 0 Å². The molecule has 0 aliphatic rings. The van der Waals surface area contributed by atoms with E-state index < -0.39 is 5.97 Å². The number of nitrogens with zero attached hydrogens (tertiary/aromatic N) is 1. The summed E-state index contributed by atoms with van der Waals surface area (Å²) in [5.74, 6) is -0.239. The zero-order valence-electron chi connectivity index (χ0n) is 13.6. The number of rotatable bonds is 6. The number of para-hydroxylation sites is 2. The summed E-state index contributed by atoms with van der Waals surface area (Å²) in [6, 6.07) is 16.4. The Hall–Kier alpha value is -3.08. The third-order valence-corrected chi connectivity index (χ3v) is 3.39. The molecule has 0 atom stereocenters. The van der Waals surface area contributed by atoms with E-state index >= 15 is 0 Å². The van der Waals surface area contributed by atoms with Crippen molar-refractivity contribution in [2.75, 3.05) is 25.7 Å². The number of hydrogen-bond acceptors (Lipinski definition) is 4. The standard InChI is InChI=1S/C19H19NO4/c1-20(16-9-4-3-5-10-16)18(21)14-24-19(22)13-12-15-8-6-7-11-17(15)23-2/h3-13H,14H2,1-2H3. The predicted octanol–water partition coefficient (Wildman–Crippen LogP) is 2.91. The summed E-state index contributed by atoms with van der Waals surface area (Å²) in [7, 11) is 3.19. The van der Waals surface area contributed by atoms with Crippen molar-refractivity contribution in [2.24, 2.45) is 0 Å². The van der Waals surface area contributed by atoms with Gasteiger partial charge in [0.1, 0.15) is 5.75 Å². The van der Waals surface area contributed by atoms with Crippen molar-refractivity contribution in [1.29, 1.82) is 0 Å². The van der Waals surface area contributed by atoms with Gasteiger partial charge < -0.3 is 14.4 Å². The minimum atomic E-state index is -0.587. The van der Waals surface area contributed by atoms with Crippen molar-refractivity contribution >= 4 is 23.6 Å². The van der Waals surface area contributed by atoms with Crippen molar-refractivity contribution in [3.05, 3.63) is 66.2 Å². The summed E-state index contributed by atoms with van der Waals surface area (Å²) >= 11 is 0. The van der Waals surface area contributed by atoms with Gasteiger partial charge in [0.15, 0.2) is 6.61 Å². The maximum Gasteiger partial charge on any atom is 0.331 e. The Morgan fingerprint density at radius 3 is 2.42 bits per heavy atom. The van der Waals surface area contributed by atoms with Gasteiger partial charge in [-0.25, -0.2) is 4.79 Å². The molecule has 0 fully saturated rings. The van der Waals surface area contributed by atoms with Crippen LogP contribution < -0.4 is 9.64 Å². The molecule has 0 aliphatic carbocycles. The minimum Gasteiger partial charge on any atom is -0.496 e. The fraction of sp³-hybridized carbons (Fsp3) is 0.158. The minimum absolute atomic E-state index is 0.305. The lowest BCUT2D eigenvalue weighted by Crippen LogP contribution is -2.30. The van der Waals surface area contributed by atoms with E-state index in [0.29, 0.717) is 5.75 Å². The second-order valence-electron chi connectivity index (χ2n) is 4.97. The van der Waals surface area contributed by atoms with Crippen molar-refractivity contribution in [3.63, 3.8) is 0 Å². The molecule has 0 saturated heterocycles. The largest absolute Gasteiger partial charge is 0.496 e. The van der Waals surface area contributed by atoms with Crippen LogP contribution in [0.3, 0.4) is 0 Å². The Morgan fingerprint density at radius 2 is 1.71 bits per heavy atom. The first kappa shape index (κ1) is 17.3. The monoisotopic (exact) mass is 325 g/mol. The molecule has 0 spiro atoms. The molecule has 0 aromatic heterocycles. The predicted molar refractivity (Wildman–Crippen MR) is 92.8 cm³/mol. The lowest BCUT2D eigenvalue weighted by Gasteiger charge is -2.16. The highest BCUT2D eigenvalue weighted by Gasteiger charge is 2.12. The fourth-order valence-electron chi connectivity index (χ4n) is 2.04. The van der Waals surface area contributed by atoms with E-state index in [4.69, 9.17) is 9.47 Å². The number of anilines is 1. The third kappa shape index (κ3) is 4.71. The molecule has 0 heterocycles. The molecule has 24 heavy (non-hydrogen) atoms. The van der Waals surface area contributed by atoms with Crippen LogP contribution in [0.2, 0.25) is 0 Å². The highest BCUT2D eigenvalue weighted by atomic mass is 16.5. The Balaban J connectivity index is 1.89. The first-order valence-electron chi connectivity index (χ1n) is 7.41. The average Bonchev–Trinajstić information content (AvgIpc) is 2.64. The molecule has 124 valence electrons. The van der Waals surface area contributed by atoms with Gasteiger partial charge in [-0.1, -0.05) is 36.4 Å². The second-order valence-corrected chi connectivity index (χ2v) is 4.97. The van der Waals surface area contributed by atoms with Crippen LogP contribution in [0.25, 0.3) is 6.08 Å². The van der Waals surface area contributed by atoms with Crippen LogP contribution in [0, 0.1) is 0 Å². The average molecular weight is 325 g/mol. The Morgan fingerprint density at radius 1 is 1.04 bits per heavy atom. The molecule has 0 unspecified atom stereocenters. The number of carbonyl (C=O) groups is 2. The van der Waals surface area contributed by atoms with Crippen LogP contribution in [0.15, 0.2) is 60.7 Å². The quantitative estimate of drug-likeness (QED) is 0.605. The molecule has 5 nitrogen and oxygen atoms in total. The molecular formula is C19H19NO4. The van der Waals surface area contributed by atoms with Gasteiger partial charge in [0, 0.05) is 24.4 Å². The molecule has 2 aromatic carbocycles. The van der Waals surface area contributed by atoms with Gasteiger partial charge in [0.2, 0.25) is 0 Å². The number of benzene rings is 2. The summed E-state index contributed by atoms with van der Waals surface area (Å²) in [5, 5.41) is 0. The summed E-state index contributed by atoms with van der Waals surface area (Å²) in [6.07, 6.45) is 2.86. The highest BCUT2D eigenvalue weighted by molar-refractivity contribution is 5.96. The smallest absolute Gasteiger partial charge is 0.331 e. The fourth-order valence-corrected chi connectivity index (χ4v) is 2.04. The first-order chi connectivity index (χ1) is 11.6. The Kier molecular flexibility index (Phi) is 6.14. The molecule has 0 radical (unpaired) electrons. The molecule has 0 saturated carbocycles. The van der Waals surface area contributed by atoms with Crippen LogP contribution in [-0.4, -0.2) is 32.6 Å². The van der Waals surface area contributed by atoms with Crippen molar-refractivity contribution in [3.8, 4) is 5.75 Å². The van der Waals surface area contributed by atoms with E-state index in [1.54, 1.807) is 38.4 Å². The van der Waals surface area contributed by atoms with Gasteiger partial charge in [-0.3, -0.25) is 4.79 Å². The topological polar surface area (TPSA) is 55.8 Å². The van der Waals surface area contributed by atoms with Crippen molar-refractivity contribution in [2.45, 2.75) is 0 Å². The summed E-state index contributed by atoms with van der Waals surface area (Å²) in [6.45, 7) is -0.319. The van der Waals surface area contributed by atoms with E-state index in [9.17, 15) is 9.59 Å². The van der Waals surface area contributed by atoms with Gasteiger partial charge in [0.05, 0.1) is 7.11 Å². The number of amides is 1. The lowest BCUT2D eigenvalue weighted by molar-refractivity contribution is -0.142. The van der Waals surface area contributed by atoms with Crippen molar-refractivity contribution < 1.29 is 19.1 Å². The zero-order valence-corrected chi connectivity index (χ0v) is 13.6. The summed E-state index contributed by atoms with van der Waals surface area (Å²) in [5.41, 5.74) is 1.49. The number of esters is 1. The number of carbonyl (C=O) groups excluding carboxylic acids is 2. The van der Waals surface area contributed by atoms with Crippen LogP contribution in [0.4, 0.5) is 5.69 Å². The van der Waals surface area contributed by atoms with Gasteiger partial charge in [-0.2, -0.15) is 0 Å². The SMILES string of the molecule is COc1ccccc1C=CC(=O)OCC(=O)N(C)c1ccccc1. The van der Waals surface area contributed by atoms with Crippen LogP contribution in [-0.2, 0) is 14.3 Å². The maximum absolute atomic E-state index is 12.0. The first-order valence-corrected chi connectivity index (χ1v) is 7.41. The van der Waals surface area contributed by atoms with E-state index in [1.807, 2.05) is 36.4 Å². The molecule has 5 heteroatoms. The second kappa shape index (κ2) is 8.53. The van der Waals surface area contributed by atoms with Gasteiger partial charge in [0.25, 0.3) is 5.91 Å². The van der Waals surface area contributed by atoms with E-state index in [0.717, 1.165) is 11.3 Å². The molecule has 2 rings (SSSR count). The van der Waals surface area contributed by atoms with Crippen LogP contribution in [0.1, 0.15) is 5.56 Å². The van der Waals surface area contributed by atoms with Crippen molar-refractivity contribution in [1.82, 2.24) is 0 Å². The lowest BCUT2D eigenvalue weighted by atomic mass is 10.2. The summed E-state index contributed by atoms with van der Waals surface area (Å²) < 4.78 is 10.2. The summed E-state index contributed by atoms with van der Waals surface area (Å²) in [4.78, 5) is 25.2. The van der Waals surface area contributed by atoms with Crippen LogP contribution in [0.5, 0.6) is 5.75 Å². The molecule has 0 bridgehead atoms. The number of methoxy groups -OCH3 is 1.